The molecule has 0 aliphatic heterocycles. The van der Waals surface area contributed by atoms with Crippen LogP contribution < -0.4 is 5.32 Å². The van der Waals surface area contributed by atoms with Gasteiger partial charge in [0.25, 0.3) is 0 Å². The molecule has 0 bridgehead atoms. The SMILES string of the molecule is CCCc1nc(NC)c(C)c(-c2ccc(C)c(C)c2)n1. The van der Waals surface area contributed by atoms with Gasteiger partial charge in [-0.15, -0.1) is 0 Å². The predicted molar refractivity (Wildman–Crippen MR) is 85.2 cm³/mol. The van der Waals surface area contributed by atoms with E-state index in [2.05, 4.69) is 56.2 Å². The molecule has 3 nitrogen and oxygen atoms in total. The first-order valence-corrected chi connectivity index (χ1v) is 7.19. The zero-order chi connectivity index (χ0) is 14.7. The van der Waals surface area contributed by atoms with Gasteiger partial charge in [0.15, 0.2) is 0 Å². The Morgan fingerprint density at radius 1 is 1.05 bits per heavy atom. The molecule has 0 spiro atoms. The standard InChI is InChI=1S/C17H23N3/c1-6-7-15-19-16(13(4)17(18-5)20-15)14-9-8-11(2)12(3)10-14/h8-10H,6-7H2,1-5H3,(H,18,19,20). The summed E-state index contributed by atoms with van der Waals surface area (Å²) >= 11 is 0. The largest absolute Gasteiger partial charge is 0.373 e. The van der Waals surface area contributed by atoms with Crippen molar-refractivity contribution < 1.29 is 0 Å². The Bertz CT molecular complexity index is 618. The summed E-state index contributed by atoms with van der Waals surface area (Å²) in [6.07, 6.45) is 1.96. The number of nitrogens with zero attached hydrogens (tertiary/aromatic N) is 2. The Labute approximate surface area is 121 Å². The highest BCUT2D eigenvalue weighted by molar-refractivity contribution is 5.69. The lowest BCUT2D eigenvalue weighted by molar-refractivity contribution is 0.834. The quantitative estimate of drug-likeness (QED) is 0.909. The minimum atomic E-state index is 0.910. The molecule has 3 heteroatoms. The van der Waals surface area contributed by atoms with Crippen molar-refractivity contribution in [3.05, 3.63) is 40.7 Å². The van der Waals surface area contributed by atoms with Crippen LogP contribution in [0.3, 0.4) is 0 Å². The fourth-order valence-electron chi connectivity index (χ4n) is 2.31. The monoisotopic (exact) mass is 269 g/mol. The summed E-state index contributed by atoms with van der Waals surface area (Å²) in [7, 11) is 1.91. The van der Waals surface area contributed by atoms with Gasteiger partial charge in [-0.3, -0.25) is 0 Å². The molecule has 1 aromatic carbocycles. The minimum absolute atomic E-state index is 0.910. The van der Waals surface area contributed by atoms with Crippen LogP contribution in [0.1, 0.15) is 35.9 Å². The smallest absolute Gasteiger partial charge is 0.132 e. The van der Waals surface area contributed by atoms with Gasteiger partial charge in [-0.2, -0.15) is 0 Å². The second-order valence-corrected chi connectivity index (χ2v) is 5.26. The molecule has 0 saturated heterocycles. The van der Waals surface area contributed by atoms with Crippen molar-refractivity contribution in [3.63, 3.8) is 0 Å². The van der Waals surface area contributed by atoms with Crippen molar-refractivity contribution in [2.24, 2.45) is 0 Å². The summed E-state index contributed by atoms with van der Waals surface area (Å²) < 4.78 is 0. The Hall–Kier alpha value is -1.90. The second-order valence-electron chi connectivity index (χ2n) is 5.26. The predicted octanol–water partition coefficient (Wildman–Crippen LogP) is 4.06. The first-order valence-electron chi connectivity index (χ1n) is 7.19. The molecule has 2 aromatic rings. The van der Waals surface area contributed by atoms with Crippen LogP contribution in [0, 0.1) is 20.8 Å². The van der Waals surface area contributed by atoms with Crippen LogP contribution in [0.2, 0.25) is 0 Å². The van der Waals surface area contributed by atoms with Gasteiger partial charge in [-0.05, 0) is 44.4 Å². The lowest BCUT2D eigenvalue weighted by Gasteiger charge is -2.13. The van der Waals surface area contributed by atoms with Crippen LogP contribution in [-0.4, -0.2) is 17.0 Å². The van der Waals surface area contributed by atoms with Gasteiger partial charge in [0, 0.05) is 24.6 Å². The van der Waals surface area contributed by atoms with E-state index in [9.17, 15) is 0 Å². The summed E-state index contributed by atoms with van der Waals surface area (Å²) in [6, 6.07) is 6.51. The summed E-state index contributed by atoms with van der Waals surface area (Å²) in [5.41, 5.74) is 5.92. The van der Waals surface area contributed by atoms with Gasteiger partial charge in [0.1, 0.15) is 11.6 Å². The molecule has 0 radical (unpaired) electrons. The molecule has 20 heavy (non-hydrogen) atoms. The van der Waals surface area contributed by atoms with E-state index in [0.29, 0.717) is 0 Å². The van der Waals surface area contributed by atoms with E-state index in [1.807, 2.05) is 7.05 Å². The summed E-state index contributed by atoms with van der Waals surface area (Å²) in [5, 5.41) is 3.18. The van der Waals surface area contributed by atoms with Crippen molar-refractivity contribution in [1.29, 1.82) is 0 Å². The van der Waals surface area contributed by atoms with Crippen molar-refractivity contribution in [2.75, 3.05) is 12.4 Å². The van der Waals surface area contributed by atoms with Crippen LogP contribution in [0.25, 0.3) is 11.3 Å². The van der Waals surface area contributed by atoms with E-state index in [0.717, 1.165) is 35.7 Å². The molecule has 0 aliphatic rings. The third-order valence-electron chi connectivity index (χ3n) is 3.68. The Balaban J connectivity index is 2.58. The fourth-order valence-corrected chi connectivity index (χ4v) is 2.31. The molecule has 0 atom stereocenters. The normalized spacial score (nSPS) is 10.7. The first-order chi connectivity index (χ1) is 9.56. The van der Waals surface area contributed by atoms with E-state index < -0.39 is 0 Å². The lowest BCUT2D eigenvalue weighted by Crippen LogP contribution is -2.05. The van der Waals surface area contributed by atoms with Gasteiger partial charge < -0.3 is 5.32 Å². The molecule has 106 valence electrons. The second kappa shape index (κ2) is 6.04. The van der Waals surface area contributed by atoms with E-state index >= 15 is 0 Å². The molecule has 1 aromatic heterocycles. The number of rotatable bonds is 4. The first kappa shape index (κ1) is 14.5. The average molecular weight is 269 g/mol. The van der Waals surface area contributed by atoms with Crippen LogP contribution in [0.15, 0.2) is 18.2 Å². The van der Waals surface area contributed by atoms with E-state index in [1.54, 1.807) is 0 Å². The van der Waals surface area contributed by atoms with E-state index in [4.69, 9.17) is 4.98 Å². The third-order valence-corrected chi connectivity index (χ3v) is 3.68. The van der Waals surface area contributed by atoms with E-state index in [1.165, 1.54) is 16.7 Å². The summed E-state index contributed by atoms with van der Waals surface area (Å²) in [4.78, 5) is 9.34. The summed E-state index contributed by atoms with van der Waals surface area (Å²) in [6.45, 7) is 8.50. The maximum Gasteiger partial charge on any atom is 0.132 e. The molecule has 0 unspecified atom stereocenters. The van der Waals surface area contributed by atoms with Gasteiger partial charge in [0.2, 0.25) is 0 Å². The van der Waals surface area contributed by atoms with Gasteiger partial charge in [-0.25, -0.2) is 9.97 Å². The number of hydrogen-bond donors (Lipinski definition) is 1. The minimum Gasteiger partial charge on any atom is -0.373 e. The molecule has 0 aliphatic carbocycles. The number of aromatic nitrogens is 2. The van der Waals surface area contributed by atoms with Crippen molar-refractivity contribution >= 4 is 5.82 Å². The third kappa shape index (κ3) is 2.82. The maximum absolute atomic E-state index is 4.76. The Morgan fingerprint density at radius 2 is 1.80 bits per heavy atom. The van der Waals surface area contributed by atoms with Crippen LogP contribution in [0.4, 0.5) is 5.82 Å². The molecular weight excluding hydrogens is 246 g/mol. The van der Waals surface area contributed by atoms with E-state index in [-0.39, 0.29) is 0 Å². The highest BCUT2D eigenvalue weighted by Gasteiger charge is 2.12. The molecule has 0 amide bonds. The summed E-state index contributed by atoms with van der Waals surface area (Å²) in [5.74, 6) is 1.84. The molecule has 0 saturated carbocycles. The van der Waals surface area contributed by atoms with Gasteiger partial charge in [0.05, 0.1) is 5.69 Å². The topological polar surface area (TPSA) is 37.8 Å². The van der Waals surface area contributed by atoms with Gasteiger partial charge >= 0.3 is 0 Å². The average Bonchev–Trinajstić information content (AvgIpc) is 2.44. The zero-order valence-electron chi connectivity index (χ0n) is 13.0. The molecule has 0 fully saturated rings. The maximum atomic E-state index is 4.76. The lowest BCUT2D eigenvalue weighted by atomic mass is 10.0. The number of aryl methyl sites for hydroxylation is 3. The van der Waals surface area contributed by atoms with Gasteiger partial charge in [-0.1, -0.05) is 19.1 Å². The number of benzene rings is 1. The fraction of sp³-hybridized carbons (Fsp3) is 0.412. The highest BCUT2D eigenvalue weighted by atomic mass is 15.0. The zero-order valence-corrected chi connectivity index (χ0v) is 13.0. The molecule has 2 rings (SSSR count). The van der Waals surface area contributed by atoms with Crippen molar-refractivity contribution in [2.45, 2.75) is 40.5 Å². The number of nitrogens with one attached hydrogen (secondary N) is 1. The Morgan fingerprint density at radius 3 is 2.40 bits per heavy atom. The van der Waals surface area contributed by atoms with Crippen molar-refractivity contribution in [1.82, 2.24) is 9.97 Å². The number of hydrogen-bond acceptors (Lipinski definition) is 3. The highest BCUT2D eigenvalue weighted by Crippen LogP contribution is 2.27. The Kier molecular flexibility index (Phi) is 4.38. The molecular formula is C17H23N3. The van der Waals surface area contributed by atoms with Crippen molar-refractivity contribution in [3.8, 4) is 11.3 Å². The molecule has 1 N–H and O–H groups in total. The molecule has 1 heterocycles. The number of anilines is 1. The van der Waals surface area contributed by atoms with Crippen LogP contribution in [0.5, 0.6) is 0 Å². The van der Waals surface area contributed by atoms with Crippen LogP contribution >= 0.6 is 0 Å². The van der Waals surface area contributed by atoms with Crippen LogP contribution in [-0.2, 0) is 6.42 Å².